The summed E-state index contributed by atoms with van der Waals surface area (Å²) in [6.45, 7) is 19.0. The normalized spacial score (nSPS) is 12.0. The van der Waals surface area contributed by atoms with E-state index in [0.717, 1.165) is 50.2 Å². The van der Waals surface area contributed by atoms with E-state index in [1.165, 1.54) is 0 Å². The highest BCUT2D eigenvalue weighted by atomic mass is 35.5. The Balaban J connectivity index is 0.000000959. The maximum Gasteiger partial charge on any atom is 0.307 e. The minimum Gasteiger partial charge on any atom is -0.481 e. The van der Waals surface area contributed by atoms with Crippen LogP contribution in [0, 0.1) is 13.8 Å². The van der Waals surface area contributed by atoms with Gasteiger partial charge in [-0.2, -0.15) is 5.10 Å². The lowest BCUT2D eigenvalue weighted by atomic mass is 9.81. The Kier molecular flexibility index (Phi) is 14.3. The lowest BCUT2D eigenvalue weighted by molar-refractivity contribution is -0.136. The van der Waals surface area contributed by atoms with Crippen LogP contribution in [0.2, 0.25) is 5.02 Å². The molecule has 9 nitrogen and oxygen atoms in total. The fourth-order valence-electron chi connectivity index (χ4n) is 4.97. The van der Waals surface area contributed by atoms with Gasteiger partial charge in [-0.3, -0.25) is 15.0 Å². The van der Waals surface area contributed by atoms with Gasteiger partial charge in [-0.15, -0.1) is 0 Å². The van der Waals surface area contributed by atoms with E-state index >= 15 is 0 Å². The van der Waals surface area contributed by atoms with Gasteiger partial charge >= 0.3 is 5.97 Å². The number of halogens is 1. The van der Waals surface area contributed by atoms with Gasteiger partial charge in [0.2, 0.25) is 5.91 Å². The van der Waals surface area contributed by atoms with Crippen molar-refractivity contribution in [1.82, 2.24) is 5.43 Å². The van der Waals surface area contributed by atoms with E-state index < -0.39 is 11.6 Å². The van der Waals surface area contributed by atoms with Crippen LogP contribution < -0.4 is 15.0 Å². The van der Waals surface area contributed by atoms with Gasteiger partial charge in [0.05, 0.1) is 24.3 Å². The Bertz CT molecular complexity index is 1580. The number of fused-ring (bicyclic) bond motifs is 3. The van der Waals surface area contributed by atoms with Gasteiger partial charge in [0.1, 0.15) is 12.4 Å². The molecule has 0 spiro atoms. The third kappa shape index (κ3) is 10.3. The molecule has 1 aliphatic heterocycles. The summed E-state index contributed by atoms with van der Waals surface area (Å²) >= 11 is 7.75. The summed E-state index contributed by atoms with van der Waals surface area (Å²) in [4.78, 5) is 28.1. The summed E-state index contributed by atoms with van der Waals surface area (Å²) in [5, 5.41) is 25.8. The number of hydrazone groups is 1. The highest BCUT2D eigenvalue weighted by Gasteiger charge is 2.30. The molecular weight excluding hydrogens is 622 g/mol. The predicted molar refractivity (Wildman–Crippen MR) is 195 cm³/mol. The molecule has 4 rings (SSSR count). The second kappa shape index (κ2) is 17.2. The number of aliphatic hydroxyl groups is 1. The Morgan fingerprint density at radius 3 is 2.22 bits per heavy atom. The molecule has 1 heterocycles. The van der Waals surface area contributed by atoms with Crippen molar-refractivity contribution < 1.29 is 19.8 Å². The van der Waals surface area contributed by atoms with Gasteiger partial charge in [-0.05, 0) is 111 Å². The van der Waals surface area contributed by atoms with E-state index in [9.17, 15) is 14.7 Å². The molecule has 0 aliphatic carbocycles. The van der Waals surface area contributed by atoms with Crippen molar-refractivity contribution in [3.63, 3.8) is 0 Å². The van der Waals surface area contributed by atoms with Gasteiger partial charge in [0.15, 0.2) is 0 Å². The van der Waals surface area contributed by atoms with E-state index in [4.69, 9.17) is 16.7 Å². The smallest absolute Gasteiger partial charge is 0.307 e. The van der Waals surface area contributed by atoms with Gasteiger partial charge < -0.3 is 19.8 Å². The maximum atomic E-state index is 12.5. The van der Waals surface area contributed by atoms with E-state index in [1.54, 1.807) is 39.6 Å². The second-order valence-corrected chi connectivity index (χ2v) is 12.6. The highest BCUT2D eigenvalue weighted by molar-refractivity contribution is 7.99. The largest absolute Gasteiger partial charge is 0.481 e. The molecule has 1 aliphatic rings. The molecule has 0 aromatic heterocycles. The molecular formula is C35H46ClN5O4S. The number of rotatable bonds is 8. The van der Waals surface area contributed by atoms with Gasteiger partial charge in [-0.1, -0.05) is 55.6 Å². The molecule has 248 valence electrons. The fraction of sp³-hybridized carbons (Fsp3) is 0.371. The van der Waals surface area contributed by atoms with Crippen molar-refractivity contribution in [2.24, 2.45) is 10.1 Å². The van der Waals surface area contributed by atoms with Gasteiger partial charge in [0, 0.05) is 22.5 Å². The quantitative estimate of drug-likeness (QED) is 0.0833. The predicted octanol–water partition coefficient (Wildman–Crippen LogP) is 7.88. The number of amidine groups is 1. The van der Waals surface area contributed by atoms with Crippen LogP contribution in [-0.4, -0.2) is 53.0 Å². The standard InChI is InChI=1S/C29H30ClN5O3S.C4H10O.C2H6/c1-16-24(13-26(37)38)27(19-6-8-21(30)9-7-19)17(2)28-23-11-10-22(12-20(23)15-35(39-5)29(16)28)33-25(36)14-32-34-18(3)31-4;1-4(2,3)5;1-2/h6-12,32H,4,13-15H2,1-3,5H3,(H,33,36)(H,37,38);5H,1-3H3;1-2H3/b34-18-;;. The first kappa shape index (κ1) is 38.3. The average Bonchev–Trinajstić information content (AvgIpc) is 2.99. The van der Waals surface area contributed by atoms with Crippen LogP contribution in [0.25, 0.3) is 22.3 Å². The van der Waals surface area contributed by atoms with Crippen molar-refractivity contribution in [3.8, 4) is 22.3 Å². The molecule has 4 N–H and O–H groups in total. The molecule has 0 atom stereocenters. The third-order valence-corrected chi connectivity index (χ3v) is 7.71. The number of amides is 1. The molecule has 0 unspecified atom stereocenters. The summed E-state index contributed by atoms with van der Waals surface area (Å²) in [6.07, 6.45) is 1.92. The van der Waals surface area contributed by atoms with Crippen LogP contribution in [0.5, 0.6) is 0 Å². The topological polar surface area (TPSA) is 127 Å². The zero-order valence-electron chi connectivity index (χ0n) is 28.2. The summed E-state index contributed by atoms with van der Waals surface area (Å²) in [5.41, 5.74) is 11.6. The number of anilines is 2. The van der Waals surface area contributed by atoms with Crippen LogP contribution in [-0.2, 0) is 22.6 Å². The number of carboxylic acids is 1. The van der Waals surface area contributed by atoms with Crippen LogP contribution in [0.3, 0.4) is 0 Å². The molecule has 46 heavy (non-hydrogen) atoms. The number of nitrogens with zero attached hydrogens (tertiary/aromatic N) is 3. The van der Waals surface area contributed by atoms with Crippen LogP contribution in [0.15, 0.2) is 52.6 Å². The average molecular weight is 668 g/mol. The molecule has 0 radical (unpaired) electrons. The van der Waals surface area contributed by atoms with Crippen molar-refractivity contribution >= 4 is 59.4 Å². The van der Waals surface area contributed by atoms with Gasteiger partial charge in [-0.25, -0.2) is 4.99 Å². The third-order valence-electron chi connectivity index (χ3n) is 6.71. The number of aliphatic imine (C=N–C) groups is 1. The lowest BCUT2D eigenvalue weighted by Crippen LogP contribution is -2.26. The van der Waals surface area contributed by atoms with E-state index in [1.807, 2.05) is 76.4 Å². The maximum absolute atomic E-state index is 12.5. The summed E-state index contributed by atoms with van der Waals surface area (Å²) in [6, 6.07) is 13.4. The minimum atomic E-state index is -0.879. The zero-order chi connectivity index (χ0) is 34.8. The first-order valence-electron chi connectivity index (χ1n) is 15.0. The first-order valence-corrected chi connectivity index (χ1v) is 16.5. The lowest BCUT2D eigenvalue weighted by Gasteiger charge is -2.36. The van der Waals surface area contributed by atoms with Gasteiger partial charge in [0.25, 0.3) is 0 Å². The first-order chi connectivity index (χ1) is 21.6. The SMILES string of the molecule is C=N/C(C)=N\NCC(=O)Nc1ccc2c(c1)CN(SC)c1c(C)c(CC(=O)O)c(-c3ccc(Cl)cc3)c(C)c1-2.CC.CC(C)(C)O. The van der Waals surface area contributed by atoms with Crippen molar-refractivity contribution in [2.45, 2.75) is 74.0 Å². The molecule has 3 aromatic rings. The Labute approximate surface area is 282 Å². The zero-order valence-corrected chi connectivity index (χ0v) is 29.8. The Hall–Kier alpha value is -3.86. The number of hydrogen-bond donors (Lipinski definition) is 4. The minimum absolute atomic E-state index is 0.00117. The molecule has 11 heteroatoms. The van der Waals surface area contributed by atoms with Crippen LogP contribution in [0.4, 0.5) is 11.4 Å². The molecule has 3 aromatic carbocycles. The number of hydrogen-bond acceptors (Lipinski definition) is 7. The monoisotopic (exact) mass is 667 g/mol. The number of benzene rings is 3. The summed E-state index contributed by atoms with van der Waals surface area (Å²) in [5.74, 6) is -0.664. The van der Waals surface area contributed by atoms with Crippen molar-refractivity contribution in [2.75, 3.05) is 22.4 Å². The van der Waals surface area contributed by atoms with Crippen LogP contribution >= 0.6 is 23.5 Å². The number of aliphatic carboxylic acids is 1. The number of carbonyl (C=O) groups is 2. The van der Waals surface area contributed by atoms with Crippen molar-refractivity contribution in [1.29, 1.82) is 0 Å². The number of carboxylic acid groups (broad SMARTS) is 1. The highest BCUT2D eigenvalue weighted by Crippen LogP contribution is 2.50. The van der Waals surface area contributed by atoms with E-state index in [-0.39, 0.29) is 18.9 Å². The van der Waals surface area contributed by atoms with E-state index in [2.05, 4.69) is 31.9 Å². The molecule has 0 bridgehead atoms. The number of nitrogens with one attached hydrogen (secondary N) is 2. The van der Waals surface area contributed by atoms with Crippen LogP contribution in [0.1, 0.15) is 63.8 Å². The number of carbonyl (C=O) groups excluding carboxylic acids is 1. The molecule has 1 amide bonds. The Morgan fingerprint density at radius 2 is 1.67 bits per heavy atom. The molecule has 0 fully saturated rings. The fourth-order valence-corrected chi connectivity index (χ4v) is 5.77. The molecule has 0 saturated carbocycles. The van der Waals surface area contributed by atoms with Crippen molar-refractivity contribution in [3.05, 3.63) is 69.7 Å². The second-order valence-electron chi connectivity index (χ2n) is 11.4. The Morgan fingerprint density at radius 1 is 1.07 bits per heavy atom. The summed E-state index contributed by atoms with van der Waals surface area (Å²) < 4.78 is 2.18. The van der Waals surface area contributed by atoms with E-state index in [0.29, 0.717) is 23.1 Å². The summed E-state index contributed by atoms with van der Waals surface area (Å²) in [7, 11) is 0. The molecule has 0 saturated heterocycles.